The van der Waals surface area contributed by atoms with E-state index in [0.29, 0.717) is 22.3 Å². The first-order valence-corrected chi connectivity index (χ1v) is 6.86. The smallest absolute Gasteiger partial charge is 0.399 e. The highest BCUT2D eigenvalue weighted by molar-refractivity contribution is 6.04. The van der Waals surface area contributed by atoms with Crippen molar-refractivity contribution >= 4 is 28.6 Å². The van der Waals surface area contributed by atoms with E-state index in [1.54, 1.807) is 24.3 Å². The van der Waals surface area contributed by atoms with Crippen molar-refractivity contribution in [3.05, 3.63) is 42.0 Å². The molecule has 0 saturated carbocycles. The van der Waals surface area contributed by atoms with Crippen LogP contribution < -0.4 is 20.5 Å². The van der Waals surface area contributed by atoms with Gasteiger partial charge in [-0.3, -0.25) is 10.1 Å². The van der Waals surface area contributed by atoms with Crippen LogP contribution in [0.5, 0.6) is 11.5 Å². The van der Waals surface area contributed by atoms with Crippen LogP contribution in [0.15, 0.2) is 36.4 Å². The number of carbonyl (C=O) groups excluding carboxylic acids is 1. The van der Waals surface area contributed by atoms with Crippen molar-refractivity contribution in [1.82, 2.24) is 9.97 Å². The number of nitrogen functional groups attached to an aromatic ring is 1. The summed E-state index contributed by atoms with van der Waals surface area (Å²) in [6, 6.07) is 9.00. The third-order valence-corrected chi connectivity index (χ3v) is 3.41. The van der Waals surface area contributed by atoms with Gasteiger partial charge in [0.1, 0.15) is 0 Å². The normalized spacial score (nSPS) is 14.8. The quantitative estimate of drug-likeness (QED) is 0.626. The van der Waals surface area contributed by atoms with Crippen LogP contribution in [-0.4, -0.2) is 22.2 Å². The number of aromatic nitrogens is 2. The fourth-order valence-corrected chi connectivity index (χ4v) is 2.33. The lowest BCUT2D eigenvalue weighted by atomic mass is 10.2. The molecular formula is C15H10F2N4O3. The molecule has 4 rings (SSSR count). The minimum Gasteiger partial charge on any atom is -0.399 e. The van der Waals surface area contributed by atoms with Gasteiger partial charge in [0.15, 0.2) is 11.5 Å². The summed E-state index contributed by atoms with van der Waals surface area (Å²) in [6.45, 7) is 0. The van der Waals surface area contributed by atoms with Crippen molar-refractivity contribution < 1.29 is 23.0 Å². The van der Waals surface area contributed by atoms with Crippen molar-refractivity contribution in [3.63, 3.8) is 0 Å². The molecule has 122 valence electrons. The lowest BCUT2D eigenvalue weighted by Crippen LogP contribution is -2.25. The molecule has 1 aliphatic rings. The second-order valence-electron chi connectivity index (χ2n) is 5.15. The first kappa shape index (κ1) is 14.2. The van der Waals surface area contributed by atoms with Crippen LogP contribution in [0, 0.1) is 0 Å². The van der Waals surface area contributed by atoms with E-state index in [9.17, 15) is 13.6 Å². The number of alkyl halides is 2. The number of H-pyrrole nitrogens is 1. The molecule has 2 aromatic carbocycles. The number of nitrogens with zero attached hydrogens (tertiary/aromatic N) is 1. The number of benzene rings is 2. The van der Waals surface area contributed by atoms with Gasteiger partial charge in [-0.05, 0) is 24.3 Å². The zero-order valence-corrected chi connectivity index (χ0v) is 12.0. The number of carbonyl (C=O) groups is 1. The molecule has 0 spiro atoms. The molecule has 1 aliphatic heterocycles. The van der Waals surface area contributed by atoms with Gasteiger partial charge in [-0.15, -0.1) is 8.78 Å². The molecule has 0 bridgehead atoms. The van der Waals surface area contributed by atoms with Gasteiger partial charge < -0.3 is 20.2 Å². The Bertz CT molecular complexity index is 908. The molecule has 4 N–H and O–H groups in total. The van der Waals surface area contributed by atoms with Crippen molar-refractivity contribution in [3.8, 4) is 11.5 Å². The Hall–Kier alpha value is -3.36. The van der Waals surface area contributed by atoms with Crippen molar-refractivity contribution in [2.75, 3.05) is 11.1 Å². The highest BCUT2D eigenvalue weighted by atomic mass is 19.3. The number of hydrogen-bond acceptors (Lipinski definition) is 5. The van der Waals surface area contributed by atoms with E-state index >= 15 is 0 Å². The molecular weight excluding hydrogens is 322 g/mol. The lowest BCUT2D eigenvalue weighted by Gasteiger charge is -2.04. The number of anilines is 2. The number of halogens is 2. The minimum absolute atomic E-state index is 0.104. The van der Waals surface area contributed by atoms with E-state index in [1.807, 2.05) is 0 Å². The summed E-state index contributed by atoms with van der Waals surface area (Å²) in [5.41, 5.74) is 7.28. The van der Waals surface area contributed by atoms with Gasteiger partial charge in [0.25, 0.3) is 5.91 Å². The predicted molar refractivity (Wildman–Crippen MR) is 81.1 cm³/mol. The monoisotopic (exact) mass is 332 g/mol. The highest BCUT2D eigenvalue weighted by Gasteiger charge is 2.43. The number of ether oxygens (including phenoxy) is 2. The number of amides is 1. The van der Waals surface area contributed by atoms with Crippen LogP contribution in [0.2, 0.25) is 0 Å². The van der Waals surface area contributed by atoms with Gasteiger partial charge >= 0.3 is 6.29 Å². The number of rotatable bonds is 2. The fraction of sp³-hybridized carbons (Fsp3) is 0.0667. The average molecular weight is 332 g/mol. The second-order valence-corrected chi connectivity index (χ2v) is 5.15. The third-order valence-electron chi connectivity index (χ3n) is 3.41. The Morgan fingerprint density at radius 3 is 2.54 bits per heavy atom. The van der Waals surface area contributed by atoms with Crippen LogP contribution in [0.1, 0.15) is 10.4 Å². The minimum atomic E-state index is -3.69. The molecule has 3 aromatic rings. The Balaban J connectivity index is 1.60. The molecule has 0 radical (unpaired) electrons. The molecule has 0 unspecified atom stereocenters. The van der Waals surface area contributed by atoms with E-state index in [-0.39, 0.29) is 23.4 Å². The second kappa shape index (κ2) is 4.82. The summed E-state index contributed by atoms with van der Waals surface area (Å²) in [5.74, 6) is -0.439. The van der Waals surface area contributed by atoms with Crippen LogP contribution in [0.3, 0.4) is 0 Å². The van der Waals surface area contributed by atoms with Gasteiger partial charge in [-0.25, -0.2) is 4.98 Å². The van der Waals surface area contributed by atoms with Crippen LogP contribution in [-0.2, 0) is 0 Å². The van der Waals surface area contributed by atoms with E-state index in [1.165, 1.54) is 12.1 Å². The Kier molecular flexibility index (Phi) is 2.86. The molecule has 7 nitrogen and oxygen atoms in total. The molecule has 1 aromatic heterocycles. The van der Waals surface area contributed by atoms with Crippen molar-refractivity contribution in [2.45, 2.75) is 6.29 Å². The van der Waals surface area contributed by atoms with Crippen LogP contribution >= 0.6 is 0 Å². The largest absolute Gasteiger partial charge is 0.586 e. The SMILES string of the molecule is Nc1ccc(C(=O)Nc2nc3cc4c(cc3[nH]2)OC(F)(F)O4)cc1. The fourth-order valence-electron chi connectivity index (χ4n) is 2.33. The topological polar surface area (TPSA) is 102 Å². The van der Waals surface area contributed by atoms with Gasteiger partial charge in [0.2, 0.25) is 5.95 Å². The summed E-state index contributed by atoms with van der Waals surface area (Å²) < 4.78 is 34.8. The van der Waals surface area contributed by atoms with Gasteiger partial charge in [-0.1, -0.05) is 0 Å². The van der Waals surface area contributed by atoms with E-state index < -0.39 is 6.29 Å². The summed E-state index contributed by atoms with van der Waals surface area (Å²) in [7, 11) is 0. The lowest BCUT2D eigenvalue weighted by molar-refractivity contribution is -0.286. The molecule has 0 aliphatic carbocycles. The number of fused-ring (bicyclic) bond motifs is 2. The van der Waals surface area contributed by atoms with Crippen molar-refractivity contribution in [1.29, 1.82) is 0 Å². The van der Waals surface area contributed by atoms with Gasteiger partial charge in [0, 0.05) is 23.4 Å². The maximum atomic E-state index is 13.0. The van der Waals surface area contributed by atoms with Gasteiger partial charge in [-0.2, -0.15) is 0 Å². The predicted octanol–water partition coefficient (Wildman–Crippen LogP) is 2.72. The molecule has 9 heteroatoms. The number of hydrogen-bond donors (Lipinski definition) is 3. The summed E-state index contributed by atoms with van der Waals surface area (Å²) >= 11 is 0. The molecule has 0 saturated heterocycles. The number of imidazole rings is 1. The number of nitrogens with two attached hydrogens (primary N) is 1. The molecule has 0 fully saturated rings. The Morgan fingerprint density at radius 2 is 1.83 bits per heavy atom. The molecule has 1 amide bonds. The van der Waals surface area contributed by atoms with Gasteiger partial charge in [0.05, 0.1) is 11.0 Å². The zero-order valence-electron chi connectivity index (χ0n) is 12.0. The average Bonchev–Trinajstić information content (AvgIpc) is 3.01. The Labute approximate surface area is 133 Å². The van der Waals surface area contributed by atoms with E-state index in [0.717, 1.165) is 0 Å². The zero-order chi connectivity index (χ0) is 16.9. The third kappa shape index (κ3) is 2.45. The summed E-state index contributed by atoms with van der Waals surface area (Å²) in [4.78, 5) is 19.1. The van der Waals surface area contributed by atoms with E-state index in [2.05, 4.69) is 24.8 Å². The number of aromatic amines is 1. The maximum absolute atomic E-state index is 13.0. The molecule has 0 atom stereocenters. The maximum Gasteiger partial charge on any atom is 0.586 e. The molecule has 2 heterocycles. The first-order valence-electron chi connectivity index (χ1n) is 6.86. The van der Waals surface area contributed by atoms with Crippen LogP contribution in [0.4, 0.5) is 20.4 Å². The number of nitrogens with one attached hydrogen (secondary N) is 2. The van der Waals surface area contributed by atoms with Crippen molar-refractivity contribution in [2.24, 2.45) is 0 Å². The summed E-state index contributed by atoms with van der Waals surface area (Å²) in [6.07, 6.45) is -3.69. The summed E-state index contributed by atoms with van der Waals surface area (Å²) in [5, 5.41) is 2.58. The highest BCUT2D eigenvalue weighted by Crippen LogP contribution is 2.42. The van der Waals surface area contributed by atoms with Crippen LogP contribution in [0.25, 0.3) is 11.0 Å². The molecule has 24 heavy (non-hydrogen) atoms. The van der Waals surface area contributed by atoms with E-state index in [4.69, 9.17) is 5.73 Å². The Morgan fingerprint density at radius 1 is 1.17 bits per heavy atom. The first-order chi connectivity index (χ1) is 11.4. The standard InChI is InChI=1S/C15H10F2N4O3/c16-15(17)23-11-5-9-10(6-12(11)24-15)20-14(19-9)21-13(22)7-1-3-8(18)4-2-7/h1-6H,18H2,(H2,19,20,21,22).